The Morgan fingerprint density at radius 2 is 2.40 bits per heavy atom. The topological polar surface area (TPSA) is 15.3 Å². The summed E-state index contributed by atoms with van der Waals surface area (Å²) in [7, 11) is 0. The van der Waals surface area contributed by atoms with Gasteiger partial charge in [-0.3, -0.25) is 0 Å². The van der Waals surface area contributed by atoms with Crippen molar-refractivity contribution in [2.45, 2.75) is 13.1 Å². The Morgan fingerprint density at radius 3 is 3.20 bits per heavy atom. The summed E-state index contributed by atoms with van der Waals surface area (Å²) in [6, 6.07) is 0. The van der Waals surface area contributed by atoms with Gasteiger partial charge in [-0.1, -0.05) is 6.08 Å². The van der Waals surface area contributed by atoms with Crippen LogP contribution in [0.4, 0.5) is 0 Å². The smallest absolute Gasteiger partial charge is 0.122 e. The second-order valence-electron chi connectivity index (χ2n) is 2.53. The van der Waals surface area contributed by atoms with Gasteiger partial charge in [0.15, 0.2) is 0 Å². The highest BCUT2D eigenvalue weighted by Gasteiger charge is 2.18. The Labute approximate surface area is 60.5 Å². The van der Waals surface area contributed by atoms with E-state index in [1.165, 1.54) is 5.70 Å². The normalized spacial score (nSPS) is 27.9. The number of allylic oxidation sites excluding steroid dienone is 3. The maximum atomic E-state index is 3.23. The molecule has 0 aromatic carbocycles. The molecule has 0 amide bonds. The highest BCUT2D eigenvalue weighted by Crippen LogP contribution is 2.17. The van der Waals surface area contributed by atoms with E-state index in [1.54, 1.807) is 0 Å². The number of hydrogen-bond acceptors (Lipinski definition) is 2. The van der Waals surface area contributed by atoms with Crippen molar-refractivity contribution in [1.29, 1.82) is 0 Å². The van der Waals surface area contributed by atoms with Crippen molar-refractivity contribution in [1.82, 2.24) is 10.2 Å². The van der Waals surface area contributed by atoms with Crippen LogP contribution in [0.5, 0.6) is 0 Å². The van der Waals surface area contributed by atoms with Crippen LogP contribution in [0.3, 0.4) is 0 Å². The van der Waals surface area contributed by atoms with Crippen LogP contribution in [0.15, 0.2) is 36.3 Å². The zero-order valence-electron chi connectivity index (χ0n) is 5.91. The third kappa shape index (κ3) is 0.652. The molecule has 2 aliphatic heterocycles. The third-order valence-electron chi connectivity index (χ3n) is 1.82. The largest absolute Gasteiger partial charge is 0.366 e. The Morgan fingerprint density at radius 1 is 1.50 bits per heavy atom. The molecular formula is C8H10N2. The van der Waals surface area contributed by atoms with Gasteiger partial charge in [-0.15, -0.1) is 0 Å². The summed E-state index contributed by atoms with van der Waals surface area (Å²) in [5.41, 5.74) is 1.27. The summed E-state index contributed by atoms with van der Waals surface area (Å²) in [6.45, 7) is 2.09. The fourth-order valence-corrected chi connectivity index (χ4v) is 1.25. The van der Waals surface area contributed by atoms with Crippen molar-refractivity contribution < 1.29 is 0 Å². The molecule has 52 valence electrons. The lowest BCUT2D eigenvalue weighted by Gasteiger charge is -2.23. The van der Waals surface area contributed by atoms with E-state index >= 15 is 0 Å². The van der Waals surface area contributed by atoms with Crippen LogP contribution < -0.4 is 5.32 Å². The molecule has 0 aromatic heterocycles. The molecule has 0 fully saturated rings. The zero-order valence-corrected chi connectivity index (χ0v) is 5.91. The first kappa shape index (κ1) is 5.59. The van der Waals surface area contributed by atoms with Crippen molar-refractivity contribution in [3.05, 3.63) is 36.3 Å². The molecule has 2 heterocycles. The molecule has 0 aliphatic carbocycles. The van der Waals surface area contributed by atoms with Crippen LogP contribution in [-0.2, 0) is 0 Å². The molecule has 1 atom stereocenters. The SMILES string of the molecule is CC1=CNC2C=CC=CN12. The van der Waals surface area contributed by atoms with E-state index in [2.05, 4.69) is 35.5 Å². The predicted octanol–water partition coefficient (Wildman–Crippen LogP) is 1.16. The Bertz CT molecular complexity index is 225. The minimum Gasteiger partial charge on any atom is -0.366 e. The van der Waals surface area contributed by atoms with Crippen LogP contribution in [0.1, 0.15) is 6.92 Å². The van der Waals surface area contributed by atoms with Crippen molar-refractivity contribution in [3.8, 4) is 0 Å². The molecule has 2 nitrogen and oxygen atoms in total. The number of hydrogen-bond donors (Lipinski definition) is 1. The van der Waals surface area contributed by atoms with Crippen molar-refractivity contribution in [2.24, 2.45) is 0 Å². The minimum atomic E-state index is 0.366. The highest BCUT2D eigenvalue weighted by molar-refractivity contribution is 5.22. The summed E-state index contributed by atoms with van der Waals surface area (Å²) in [5.74, 6) is 0. The molecule has 2 rings (SSSR count). The Kier molecular flexibility index (Phi) is 1.07. The standard InChI is InChI=1S/C8H10N2/c1-7-6-9-8-4-2-3-5-10(7)8/h2-6,8-9H,1H3. The Hall–Kier alpha value is -1.18. The number of fused-ring (bicyclic) bond motifs is 1. The summed E-state index contributed by atoms with van der Waals surface area (Å²) in [6.07, 6.45) is 10.7. The van der Waals surface area contributed by atoms with Gasteiger partial charge in [0.1, 0.15) is 6.17 Å². The fourth-order valence-electron chi connectivity index (χ4n) is 1.25. The van der Waals surface area contributed by atoms with Crippen molar-refractivity contribution in [2.75, 3.05) is 0 Å². The average molecular weight is 134 g/mol. The number of nitrogens with one attached hydrogen (secondary N) is 1. The molecule has 1 unspecified atom stereocenters. The van der Waals surface area contributed by atoms with Gasteiger partial charge in [0.2, 0.25) is 0 Å². The summed E-state index contributed by atoms with van der Waals surface area (Å²) >= 11 is 0. The molecule has 1 N–H and O–H groups in total. The first-order chi connectivity index (χ1) is 4.88. The quantitative estimate of drug-likeness (QED) is 0.535. The highest BCUT2D eigenvalue weighted by atomic mass is 15.3. The molecule has 0 radical (unpaired) electrons. The van der Waals surface area contributed by atoms with Crippen LogP contribution in [0.25, 0.3) is 0 Å². The van der Waals surface area contributed by atoms with Crippen molar-refractivity contribution >= 4 is 0 Å². The minimum absolute atomic E-state index is 0.366. The number of nitrogens with zero attached hydrogens (tertiary/aromatic N) is 1. The van der Waals surface area contributed by atoms with E-state index in [-0.39, 0.29) is 0 Å². The lowest BCUT2D eigenvalue weighted by atomic mass is 10.3. The summed E-state index contributed by atoms with van der Waals surface area (Å²) in [4.78, 5) is 2.19. The fraction of sp³-hybridized carbons (Fsp3) is 0.250. The molecule has 0 aromatic rings. The molecule has 0 spiro atoms. The lowest BCUT2D eigenvalue weighted by molar-refractivity contribution is 0.401. The second-order valence-corrected chi connectivity index (χ2v) is 2.53. The molecule has 2 aliphatic rings. The number of rotatable bonds is 0. The monoisotopic (exact) mass is 134 g/mol. The van der Waals surface area contributed by atoms with E-state index in [1.807, 2.05) is 12.3 Å². The molecule has 0 saturated carbocycles. The van der Waals surface area contributed by atoms with Gasteiger partial charge in [-0.25, -0.2) is 0 Å². The Balaban J connectivity index is 2.27. The predicted molar refractivity (Wildman–Crippen MR) is 40.8 cm³/mol. The van der Waals surface area contributed by atoms with Crippen LogP contribution >= 0.6 is 0 Å². The maximum Gasteiger partial charge on any atom is 0.122 e. The van der Waals surface area contributed by atoms with Gasteiger partial charge in [-0.2, -0.15) is 0 Å². The second kappa shape index (κ2) is 1.90. The molecule has 2 heteroatoms. The molecule has 0 saturated heterocycles. The van der Waals surface area contributed by atoms with E-state index in [4.69, 9.17) is 0 Å². The molecule has 0 bridgehead atoms. The van der Waals surface area contributed by atoms with E-state index in [0.29, 0.717) is 6.17 Å². The van der Waals surface area contributed by atoms with Crippen LogP contribution in [0.2, 0.25) is 0 Å². The summed E-state index contributed by atoms with van der Waals surface area (Å²) < 4.78 is 0. The first-order valence-electron chi connectivity index (χ1n) is 3.44. The van der Waals surface area contributed by atoms with Crippen LogP contribution in [0, 0.1) is 0 Å². The first-order valence-corrected chi connectivity index (χ1v) is 3.44. The van der Waals surface area contributed by atoms with E-state index in [9.17, 15) is 0 Å². The summed E-state index contributed by atoms with van der Waals surface area (Å²) in [5, 5.41) is 3.23. The van der Waals surface area contributed by atoms with Gasteiger partial charge >= 0.3 is 0 Å². The van der Waals surface area contributed by atoms with Gasteiger partial charge in [-0.05, 0) is 19.1 Å². The molecule has 10 heavy (non-hydrogen) atoms. The van der Waals surface area contributed by atoms with Gasteiger partial charge < -0.3 is 10.2 Å². The van der Waals surface area contributed by atoms with Gasteiger partial charge in [0, 0.05) is 18.1 Å². The van der Waals surface area contributed by atoms with E-state index in [0.717, 1.165) is 0 Å². The van der Waals surface area contributed by atoms with Gasteiger partial charge in [0.25, 0.3) is 0 Å². The lowest BCUT2D eigenvalue weighted by Crippen LogP contribution is -2.31. The maximum absolute atomic E-state index is 3.23. The zero-order chi connectivity index (χ0) is 6.97. The van der Waals surface area contributed by atoms with Crippen LogP contribution in [-0.4, -0.2) is 11.1 Å². The average Bonchev–Trinajstić information content (AvgIpc) is 2.34. The third-order valence-corrected chi connectivity index (χ3v) is 1.82. The molecular weight excluding hydrogens is 124 g/mol. The van der Waals surface area contributed by atoms with Crippen molar-refractivity contribution in [3.63, 3.8) is 0 Å². The van der Waals surface area contributed by atoms with Gasteiger partial charge in [0.05, 0.1) is 0 Å². The van der Waals surface area contributed by atoms with E-state index < -0.39 is 0 Å².